The molecule has 3 aromatic rings. The summed E-state index contributed by atoms with van der Waals surface area (Å²) in [7, 11) is 2.95. The average molecular weight is 406 g/mol. The number of hydrogen-bond donors (Lipinski definition) is 1. The molecule has 2 aromatic carbocycles. The van der Waals surface area contributed by atoms with Crippen molar-refractivity contribution in [1.82, 2.24) is 4.98 Å². The van der Waals surface area contributed by atoms with E-state index in [2.05, 4.69) is 15.0 Å². The van der Waals surface area contributed by atoms with Crippen molar-refractivity contribution in [2.75, 3.05) is 19.5 Å². The van der Waals surface area contributed by atoms with E-state index in [-0.39, 0.29) is 5.75 Å². The molecule has 0 aliphatic heterocycles. The van der Waals surface area contributed by atoms with Crippen LogP contribution in [0.3, 0.4) is 0 Å². The van der Waals surface area contributed by atoms with E-state index in [1.54, 1.807) is 35.7 Å². The third kappa shape index (κ3) is 4.37. The quantitative estimate of drug-likeness (QED) is 0.617. The average Bonchev–Trinajstić information content (AvgIpc) is 3.15. The molecule has 0 radical (unpaired) electrons. The molecule has 0 saturated carbocycles. The molecule has 146 valence electrons. The molecule has 0 aliphatic carbocycles. The van der Waals surface area contributed by atoms with Crippen molar-refractivity contribution in [3.8, 4) is 28.5 Å². The van der Waals surface area contributed by atoms with Gasteiger partial charge in [-0.3, -0.25) is 10.1 Å². The van der Waals surface area contributed by atoms with E-state index in [9.17, 15) is 13.6 Å². The summed E-state index contributed by atoms with van der Waals surface area (Å²) in [6.45, 7) is -2.87. The number of anilines is 1. The van der Waals surface area contributed by atoms with Crippen LogP contribution in [-0.4, -0.2) is 31.7 Å². The number of nitrogens with zero attached hydrogens (tertiary/aromatic N) is 1. The first kappa shape index (κ1) is 19.6. The van der Waals surface area contributed by atoms with Crippen molar-refractivity contribution >= 4 is 22.4 Å². The minimum absolute atomic E-state index is 0.0626. The smallest absolute Gasteiger partial charge is 0.387 e. The van der Waals surface area contributed by atoms with E-state index in [1.807, 2.05) is 0 Å². The molecule has 3 rings (SSSR count). The van der Waals surface area contributed by atoms with E-state index in [4.69, 9.17) is 9.47 Å². The van der Waals surface area contributed by atoms with Crippen LogP contribution in [0.2, 0.25) is 0 Å². The molecule has 0 atom stereocenters. The van der Waals surface area contributed by atoms with Gasteiger partial charge in [-0.25, -0.2) is 4.98 Å². The Hall–Kier alpha value is -3.20. The van der Waals surface area contributed by atoms with Crippen LogP contribution in [0.1, 0.15) is 10.4 Å². The normalized spacial score (nSPS) is 10.6. The molecule has 0 fully saturated rings. The van der Waals surface area contributed by atoms with Crippen molar-refractivity contribution in [2.45, 2.75) is 6.61 Å². The second-order valence-corrected chi connectivity index (χ2v) is 6.29. The fourth-order valence-electron chi connectivity index (χ4n) is 2.50. The van der Waals surface area contributed by atoms with Crippen LogP contribution in [0.25, 0.3) is 11.3 Å². The predicted octanol–water partition coefficient (Wildman–Crippen LogP) is 4.68. The zero-order valence-corrected chi connectivity index (χ0v) is 15.8. The van der Waals surface area contributed by atoms with Crippen molar-refractivity contribution in [3.63, 3.8) is 0 Å². The highest BCUT2D eigenvalue weighted by atomic mass is 32.1. The van der Waals surface area contributed by atoms with Gasteiger partial charge in [-0.15, -0.1) is 11.3 Å². The van der Waals surface area contributed by atoms with Crippen molar-refractivity contribution in [1.29, 1.82) is 0 Å². The van der Waals surface area contributed by atoms with E-state index in [1.165, 1.54) is 37.7 Å². The van der Waals surface area contributed by atoms with Crippen molar-refractivity contribution < 1.29 is 27.8 Å². The largest absolute Gasteiger partial charge is 0.493 e. The number of ether oxygens (including phenoxy) is 3. The topological polar surface area (TPSA) is 69.7 Å². The third-order valence-corrected chi connectivity index (χ3v) is 4.51. The Labute approximate surface area is 163 Å². The summed E-state index contributed by atoms with van der Waals surface area (Å²) in [5.41, 5.74) is 1.62. The standard InChI is InChI=1S/C19H16F2N2O4S/c1-25-15-5-3-4-13(16(15)26-2)17(24)23-19-22-14(10-28-19)11-6-8-12(9-7-11)27-18(20)21/h3-10,18H,1-2H3,(H,22,23,24). The number of alkyl halides is 2. The third-order valence-electron chi connectivity index (χ3n) is 3.75. The van der Waals surface area contributed by atoms with Gasteiger partial charge in [0.15, 0.2) is 16.6 Å². The molecule has 0 unspecified atom stereocenters. The highest BCUT2D eigenvalue weighted by Crippen LogP contribution is 2.32. The van der Waals surface area contributed by atoms with Gasteiger partial charge in [-0.2, -0.15) is 8.78 Å². The van der Waals surface area contributed by atoms with Gasteiger partial charge in [0.05, 0.1) is 25.5 Å². The zero-order valence-electron chi connectivity index (χ0n) is 14.9. The summed E-state index contributed by atoms with van der Waals surface area (Å²) in [6, 6.07) is 11.1. The fraction of sp³-hybridized carbons (Fsp3) is 0.158. The first-order chi connectivity index (χ1) is 13.5. The van der Waals surface area contributed by atoms with Crippen LogP contribution >= 0.6 is 11.3 Å². The number of carbonyl (C=O) groups excluding carboxylic acids is 1. The summed E-state index contributed by atoms with van der Waals surface area (Å²) in [6.07, 6.45) is 0. The van der Waals surface area contributed by atoms with Gasteiger partial charge in [0, 0.05) is 10.9 Å². The van der Waals surface area contributed by atoms with Gasteiger partial charge < -0.3 is 14.2 Å². The van der Waals surface area contributed by atoms with Crippen LogP contribution in [0.15, 0.2) is 47.8 Å². The van der Waals surface area contributed by atoms with Gasteiger partial charge in [0.25, 0.3) is 5.91 Å². The van der Waals surface area contributed by atoms with Crippen LogP contribution in [0, 0.1) is 0 Å². The second-order valence-electron chi connectivity index (χ2n) is 5.44. The van der Waals surface area contributed by atoms with Crippen LogP contribution in [-0.2, 0) is 0 Å². The lowest BCUT2D eigenvalue weighted by molar-refractivity contribution is -0.0498. The summed E-state index contributed by atoms with van der Waals surface area (Å²) in [4.78, 5) is 16.9. The van der Waals surface area contributed by atoms with Crippen molar-refractivity contribution in [2.24, 2.45) is 0 Å². The number of aromatic nitrogens is 1. The van der Waals surface area contributed by atoms with E-state index in [0.717, 1.165) is 0 Å². The molecule has 6 nitrogen and oxygen atoms in total. The highest BCUT2D eigenvalue weighted by molar-refractivity contribution is 7.14. The number of methoxy groups -OCH3 is 2. The number of carbonyl (C=O) groups is 1. The Morgan fingerprint density at radius 2 is 1.86 bits per heavy atom. The second kappa shape index (κ2) is 8.66. The fourth-order valence-corrected chi connectivity index (χ4v) is 3.22. The lowest BCUT2D eigenvalue weighted by atomic mass is 10.1. The number of benzene rings is 2. The summed E-state index contributed by atoms with van der Waals surface area (Å²) in [5.74, 6) is 0.444. The van der Waals surface area contributed by atoms with Gasteiger partial charge in [0.1, 0.15) is 5.75 Å². The van der Waals surface area contributed by atoms with E-state index in [0.29, 0.717) is 33.5 Å². The molecule has 0 saturated heterocycles. The van der Waals surface area contributed by atoms with Gasteiger partial charge >= 0.3 is 6.61 Å². The summed E-state index contributed by atoms with van der Waals surface area (Å²) < 4.78 is 39.2. The zero-order chi connectivity index (χ0) is 20.1. The molecule has 0 aliphatic rings. The lowest BCUT2D eigenvalue weighted by Crippen LogP contribution is -2.13. The number of hydrogen-bond acceptors (Lipinski definition) is 6. The first-order valence-corrected chi connectivity index (χ1v) is 8.93. The van der Waals surface area contributed by atoms with Crippen LogP contribution < -0.4 is 19.5 Å². The van der Waals surface area contributed by atoms with Crippen LogP contribution in [0.4, 0.5) is 13.9 Å². The Balaban J connectivity index is 1.75. The number of thiazole rings is 1. The Morgan fingerprint density at radius 3 is 2.50 bits per heavy atom. The minimum atomic E-state index is -2.87. The molecule has 1 amide bonds. The van der Waals surface area contributed by atoms with E-state index >= 15 is 0 Å². The molecule has 1 aromatic heterocycles. The number of nitrogens with one attached hydrogen (secondary N) is 1. The molecule has 9 heteroatoms. The predicted molar refractivity (Wildman–Crippen MR) is 102 cm³/mol. The van der Waals surface area contributed by atoms with Gasteiger partial charge in [-0.05, 0) is 36.4 Å². The maximum atomic E-state index is 12.6. The highest BCUT2D eigenvalue weighted by Gasteiger charge is 2.18. The summed E-state index contributed by atoms with van der Waals surface area (Å²) in [5, 5.41) is 4.86. The van der Waals surface area contributed by atoms with E-state index < -0.39 is 12.5 Å². The minimum Gasteiger partial charge on any atom is -0.493 e. The number of halogens is 2. The first-order valence-electron chi connectivity index (χ1n) is 8.05. The molecule has 1 N–H and O–H groups in total. The number of para-hydroxylation sites is 1. The summed E-state index contributed by atoms with van der Waals surface area (Å²) >= 11 is 1.24. The van der Waals surface area contributed by atoms with Crippen LogP contribution in [0.5, 0.6) is 17.2 Å². The van der Waals surface area contributed by atoms with Crippen molar-refractivity contribution in [3.05, 3.63) is 53.4 Å². The lowest BCUT2D eigenvalue weighted by Gasteiger charge is -2.11. The Morgan fingerprint density at radius 1 is 1.11 bits per heavy atom. The Kier molecular flexibility index (Phi) is 6.05. The monoisotopic (exact) mass is 406 g/mol. The number of rotatable bonds is 7. The number of amides is 1. The Bertz CT molecular complexity index is 961. The molecular weight excluding hydrogens is 390 g/mol. The molecule has 0 bridgehead atoms. The molecule has 28 heavy (non-hydrogen) atoms. The molecule has 1 heterocycles. The maximum Gasteiger partial charge on any atom is 0.387 e. The molecular formula is C19H16F2N2O4S. The molecule has 0 spiro atoms. The maximum absolute atomic E-state index is 12.6. The van der Waals surface area contributed by atoms with Gasteiger partial charge in [0.2, 0.25) is 0 Å². The van der Waals surface area contributed by atoms with Gasteiger partial charge in [-0.1, -0.05) is 6.07 Å². The SMILES string of the molecule is COc1cccc(C(=O)Nc2nc(-c3ccc(OC(F)F)cc3)cs2)c1OC.